The molecule has 0 radical (unpaired) electrons. The molecule has 0 unspecified atom stereocenters. The Morgan fingerprint density at radius 3 is 1.57 bits per heavy atom. The van der Waals surface area contributed by atoms with E-state index in [2.05, 4.69) is 199 Å². The highest BCUT2D eigenvalue weighted by Crippen LogP contribution is 2.43. The second kappa shape index (κ2) is 13.4. The molecule has 0 aliphatic heterocycles. The highest BCUT2D eigenvalue weighted by Gasteiger charge is 2.18. The third-order valence-electron chi connectivity index (χ3n) is 10.5. The highest BCUT2D eigenvalue weighted by atomic mass is 16.3. The Labute approximate surface area is 314 Å². The van der Waals surface area contributed by atoms with Gasteiger partial charge in [0, 0.05) is 27.7 Å². The lowest BCUT2D eigenvalue weighted by Crippen LogP contribution is -2.10. The van der Waals surface area contributed by atoms with E-state index in [0.29, 0.717) is 0 Å². The summed E-state index contributed by atoms with van der Waals surface area (Å²) in [6, 6.07) is 75.9. The standard InChI is InChI=1S/C52H35NO/c1-2-13-37(14-3-1)45-19-7-8-20-46(45)38-27-31-44(32-28-38)53(50-34-40-15-4-6-21-47(40)48-22-9-10-23-49(48)50)43-29-25-36(26-30-43)39-17-12-18-41(33-39)52-35-42-16-5-11-24-51(42)54-52/h1-35H. The van der Waals surface area contributed by atoms with Gasteiger partial charge in [0.1, 0.15) is 11.3 Å². The van der Waals surface area contributed by atoms with Crippen molar-refractivity contribution >= 4 is 49.6 Å². The average molecular weight is 690 g/mol. The molecule has 0 atom stereocenters. The first-order valence-electron chi connectivity index (χ1n) is 18.4. The Hall–Kier alpha value is -7.16. The molecule has 9 aromatic carbocycles. The topological polar surface area (TPSA) is 16.4 Å². The Morgan fingerprint density at radius 1 is 0.315 bits per heavy atom. The predicted molar refractivity (Wildman–Crippen MR) is 228 cm³/mol. The van der Waals surface area contributed by atoms with E-state index in [1.807, 2.05) is 18.2 Å². The summed E-state index contributed by atoms with van der Waals surface area (Å²) in [6.45, 7) is 0. The predicted octanol–water partition coefficient (Wildman–Crippen LogP) is 14.9. The molecular formula is C52H35NO. The van der Waals surface area contributed by atoms with Gasteiger partial charge >= 0.3 is 0 Å². The van der Waals surface area contributed by atoms with Crippen molar-refractivity contribution in [1.29, 1.82) is 0 Å². The van der Waals surface area contributed by atoms with Gasteiger partial charge in [0.15, 0.2) is 0 Å². The monoisotopic (exact) mass is 689 g/mol. The van der Waals surface area contributed by atoms with Gasteiger partial charge < -0.3 is 9.32 Å². The van der Waals surface area contributed by atoms with E-state index in [-0.39, 0.29) is 0 Å². The van der Waals surface area contributed by atoms with Crippen LogP contribution in [0.5, 0.6) is 0 Å². The van der Waals surface area contributed by atoms with Crippen LogP contribution in [0.15, 0.2) is 217 Å². The highest BCUT2D eigenvalue weighted by molar-refractivity contribution is 6.14. The summed E-state index contributed by atoms with van der Waals surface area (Å²) >= 11 is 0. The summed E-state index contributed by atoms with van der Waals surface area (Å²) in [6.07, 6.45) is 0. The van der Waals surface area contributed by atoms with E-state index >= 15 is 0 Å². The maximum Gasteiger partial charge on any atom is 0.135 e. The number of benzene rings is 9. The number of furan rings is 1. The molecule has 0 amide bonds. The first-order chi connectivity index (χ1) is 26.8. The van der Waals surface area contributed by atoms with Crippen LogP contribution in [0.3, 0.4) is 0 Å². The van der Waals surface area contributed by atoms with Crippen LogP contribution in [0.25, 0.3) is 77.2 Å². The summed E-state index contributed by atoms with van der Waals surface area (Å²) in [5, 5.41) is 6.02. The maximum atomic E-state index is 6.22. The minimum Gasteiger partial charge on any atom is -0.456 e. The fourth-order valence-electron chi connectivity index (χ4n) is 7.82. The zero-order chi connectivity index (χ0) is 35.8. The van der Waals surface area contributed by atoms with Crippen molar-refractivity contribution in [3.8, 4) is 44.7 Å². The third-order valence-corrected chi connectivity index (χ3v) is 10.5. The lowest BCUT2D eigenvalue weighted by atomic mass is 9.94. The molecule has 0 spiro atoms. The van der Waals surface area contributed by atoms with Crippen LogP contribution < -0.4 is 4.90 Å². The molecule has 0 saturated heterocycles. The second-order valence-electron chi connectivity index (χ2n) is 13.7. The number of anilines is 3. The Kier molecular flexibility index (Phi) is 7.85. The van der Waals surface area contributed by atoms with Gasteiger partial charge in [0.05, 0.1) is 5.69 Å². The fraction of sp³-hybridized carbons (Fsp3) is 0. The van der Waals surface area contributed by atoms with Gasteiger partial charge in [-0.25, -0.2) is 0 Å². The summed E-state index contributed by atoms with van der Waals surface area (Å²) in [5.41, 5.74) is 12.4. The number of para-hydroxylation sites is 1. The van der Waals surface area contributed by atoms with E-state index in [4.69, 9.17) is 4.42 Å². The number of fused-ring (bicyclic) bond motifs is 4. The molecule has 1 heterocycles. The largest absolute Gasteiger partial charge is 0.456 e. The molecule has 0 aliphatic carbocycles. The lowest BCUT2D eigenvalue weighted by molar-refractivity contribution is 0.631. The van der Waals surface area contributed by atoms with Gasteiger partial charge in [-0.2, -0.15) is 0 Å². The zero-order valence-electron chi connectivity index (χ0n) is 29.6. The van der Waals surface area contributed by atoms with Crippen molar-refractivity contribution in [3.63, 3.8) is 0 Å². The summed E-state index contributed by atoms with van der Waals surface area (Å²) < 4.78 is 6.22. The third kappa shape index (κ3) is 5.71. The van der Waals surface area contributed by atoms with Gasteiger partial charge in [0.2, 0.25) is 0 Å². The summed E-state index contributed by atoms with van der Waals surface area (Å²) in [5.74, 6) is 0.874. The Balaban J connectivity index is 1.08. The minimum absolute atomic E-state index is 0.874. The van der Waals surface area contributed by atoms with E-state index < -0.39 is 0 Å². The molecule has 254 valence electrons. The van der Waals surface area contributed by atoms with E-state index in [1.54, 1.807) is 0 Å². The molecular weight excluding hydrogens is 655 g/mol. The molecule has 0 N–H and O–H groups in total. The molecule has 54 heavy (non-hydrogen) atoms. The molecule has 2 heteroatoms. The van der Waals surface area contributed by atoms with Gasteiger partial charge in [-0.05, 0) is 98.1 Å². The van der Waals surface area contributed by atoms with Crippen molar-refractivity contribution in [3.05, 3.63) is 212 Å². The number of rotatable bonds is 7. The quantitative estimate of drug-likeness (QED) is 0.155. The van der Waals surface area contributed by atoms with Crippen LogP contribution in [0.2, 0.25) is 0 Å². The van der Waals surface area contributed by atoms with Crippen molar-refractivity contribution in [2.45, 2.75) is 0 Å². The normalized spacial score (nSPS) is 11.3. The van der Waals surface area contributed by atoms with E-state index in [0.717, 1.165) is 50.5 Å². The molecule has 1 aromatic heterocycles. The first-order valence-corrected chi connectivity index (χ1v) is 18.4. The molecule has 0 saturated carbocycles. The Morgan fingerprint density at radius 2 is 0.852 bits per heavy atom. The SMILES string of the molecule is c1ccc(-c2ccccc2-c2ccc(N(c3ccc(-c4cccc(-c5cc6ccccc6o5)c4)cc3)c3cc4ccccc4c4ccccc34)cc2)cc1. The average Bonchev–Trinajstić information content (AvgIpc) is 3.70. The van der Waals surface area contributed by atoms with Crippen LogP contribution >= 0.6 is 0 Å². The van der Waals surface area contributed by atoms with Gasteiger partial charge in [0.25, 0.3) is 0 Å². The molecule has 2 nitrogen and oxygen atoms in total. The van der Waals surface area contributed by atoms with Crippen LogP contribution in [-0.2, 0) is 0 Å². The number of hydrogen-bond donors (Lipinski definition) is 0. The van der Waals surface area contributed by atoms with Crippen molar-refractivity contribution in [2.24, 2.45) is 0 Å². The maximum absolute atomic E-state index is 6.22. The number of hydrogen-bond acceptors (Lipinski definition) is 2. The summed E-state index contributed by atoms with van der Waals surface area (Å²) in [4.78, 5) is 2.40. The van der Waals surface area contributed by atoms with Crippen molar-refractivity contribution in [2.75, 3.05) is 4.90 Å². The molecule has 0 fully saturated rings. The van der Waals surface area contributed by atoms with Gasteiger partial charge in [-0.15, -0.1) is 0 Å². The van der Waals surface area contributed by atoms with Gasteiger partial charge in [-0.3, -0.25) is 0 Å². The van der Waals surface area contributed by atoms with E-state index in [1.165, 1.54) is 43.8 Å². The van der Waals surface area contributed by atoms with Crippen LogP contribution in [0.4, 0.5) is 17.1 Å². The first kappa shape index (κ1) is 31.6. The fourth-order valence-corrected chi connectivity index (χ4v) is 7.82. The Bertz CT molecular complexity index is 2890. The smallest absolute Gasteiger partial charge is 0.135 e. The molecule has 10 aromatic rings. The van der Waals surface area contributed by atoms with Crippen molar-refractivity contribution in [1.82, 2.24) is 0 Å². The summed E-state index contributed by atoms with van der Waals surface area (Å²) in [7, 11) is 0. The molecule has 0 aliphatic rings. The zero-order valence-corrected chi connectivity index (χ0v) is 29.6. The molecule has 0 bridgehead atoms. The number of nitrogens with zero attached hydrogens (tertiary/aromatic N) is 1. The molecule has 10 rings (SSSR count). The van der Waals surface area contributed by atoms with Crippen LogP contribution in [-0.4, -0.2) is 0 Å². The lowest BCUT2D eigenvalue weighted by Gasteiger charge is -2.28. The minimum atomic E-state index is 0.874. The second-order valence-corrected chi connectivity index (χ2v) is 13.7. The van der Waals surface area contributed by atoms with E-state index in [9.17, 15) is 0 Å². The van der Waals surface area contributed by atoms with Gasteiger partial charge in [-0.1, -0.05) is 164 Å². The van der Waals surface area contributed by atoms with Crippen LogP contribution in [0.1, 0.15) is 0 Å². The van der Waals surface area contributed by atoms with Crippen molar-refractivity contribution < 1.29 is 4.42 Å². The van der Waals surface area contributed by atoms with Crippen LogP contribution in [0, 0.1) is 0 Å².